The lowest BCUT2D eigenvalue weighted by atomic mass is 10.0. The van der Waals surface area contributed by atoms with Gasteiger partial charge in [-0.05, 0) is 43.9 Å². The molecule has 5 nitrogen and oxygen atoms in total. The number of carbonyl (C=O) groups is 1. The highest BCUT2D eigenvalue weighted by atomic mass is 16.3. The zero-order valence-electron chi connectivity index (χ0n) is 14.0. The maximum atomic E-state index is 11.7. The van der Waals surface area contributed by atoms with E-state index in [-0.39, 0.29) is 18.1 Å². The van der Waals surface area contributed by atoms with Crippen LogP contribution < -0.4 is 16.0 Å². The van der Waals surface area contributed by atoms with E-state index in [1.54, 1.807) is 0 Å². The first-order chi connectivity index (χ1) is 10.4. The number of benzene rings is 1. The van der Waals surface area contributed by atoms with Crippen molar-refractivity contribution in [2.75, 3.05) is 11.9 Å². The smallest absolute Gasteiger partial charge is 0.315 e. The molecule has 2 amide bonds. The zero-order valence-corrected chi connectivity index (χ0v) is 14.0. The van der Waals surface area contributed by atoms with Crippen LogP contribution >= 0.6 is 0 Å². The van der Waals surface area contributed by atoms with Gasteiger partial charge < -0.3 is 21.1 Å². The third kappa shape index (κ3) is 7.31. The van der Waals surface area contributed by atoms with E-state index in [0.29, 0.717) is 25.6 Å². The molecule has 0 saturated heterocycles. The molecule has 22 heavy (non-hydrogen) atoms. The maximum absolute atomic E-state index is 11.7. The molecule has 1 atom stereocenters. The molecule has 5 heteroatoms. The molecule has 0 radical (unpaired) electrons. The van der Waals surface area contributed by atoms with Crippen LogP contribution in [-0.2, 0) is 6.54 Å². The Bertz CT molecular complexity index is 461. The lowest BCUT2D eigenvalue weighted by molar-refractivity contribution is 0.116. The number of urea groups is 1. The molecule has 1 unspecified atom stereocenters. The second-order valence-corrected chi connectivity index (χ2v) is 6.21. The summed E-state index contributed by atoms with van der Waals surface area (Å²) in [7, 11) is 0. The summed E-state index contributed by atoms with van der Waals surface area (Å²) >= 11 is 0. The fourth-order valence-corrected chi connectivity index (χ4v) is 2.02. The normalized spacial score (nSPS) is 12.3. The van der Waals surface area contributed by atoms with Crippen molar-refractivity contribution in [2.24, 2.45) is 5.92 Å². The Hall–Kier alpha value is -1.75. The number of rotatable bonds is 8. The molecule has 0 aliphatic heterocycles. The number of hydrogen-bond acceptors (Lipinski definition) is 3. The SMILES string of the molecule is CC(C)Nc1cccc(CNC(=O)NCCC(O)C(C)C)c1. The van der Waals surface area contributed by atoms with Gasteiger partial charge in [0, 0.05) is 24.8 Å². The summed E-state index contributed by atoms with van der Waals surface area (Å²) in [5, 5.41) is 18.6. The van der Waals surface area contributed by atoms with Crippen LogP contribution in [-0.4, -0.2) is 29.8 Å². The number of amides is 2. The van der Waals surface area contributed by atoms with Gasteiger partial charge in [-0.15, -0.1) is 0 Å². The highest BCUT2D eigenvalue weighted by Crippen LogP contribution is 2.11. The van der Waals surface area contributed by atoms with Crippen LogP contribution in [0.25, 0.3) is 0 Å². The van der Waals surface area contributed by atoms with Gasteiger partial charge in [-0.1, -0.05) is 26.0 Å². The summed E-state index contributed by atoms with van der Waals surface area (Å²) in [6.45, 7) is 9.05. The minimum Gasteiger partial charge on any atom is -0.393 e. The highest BCUT2D eigenvalue weighted by molar-refractivity contribution is 5.73. The minimum atomic E-state index is -0.376. The fraction of sp³-hybridized carbons (Fsp3) is 0.588. The monoisotopic (exact) mass is 307 g/mol. The summed E-state index contributed by atoms with van der Waals surface area (Å²) < 4.78 is 0. The Morgan fingerprint density at radius 1 is 1.18 bits per heavy atom. The van der Waals surface area contributed by atoms with E-state index in [1.165, 1.54) is 0 Å². The molecule has 1 aromatic rings. The number of anilines is 1. The van der Waals surface area contributed by atoms with Crippen molar-refractivity contribution >= 4 is 11.7 Å². The molecule has 0 spiro atoms. The van der Waals surface area contributed by atoms with Gasteiger partial charge in [-0.2, -0.15) is 0 Å². The third-order valence-corrected chi connectivity index (χ3v) is 3.33. The predicted molar refractivity (Wildman–Crippen MR) is 90.9 cm³/mol. The number of carbonyl (C=O) groups excluding carboxylic acids is 1. The van der Waals surface area contributed by atoms with E-state index in [9.17, 15) is 9.90 Å². The van der Waals surface area contributed by atoms with Crippen molar-refractivity contribution in [3.63, 3.8) is 0 Å². The van der Waals surface area contributed by atoms with Crippen LogP contribution in [0, 0.1) is 5.92 Å². The van der Waals surface area contributed by atoms with Gasteiger partial charge in [0.2, 0.25) is 0 Å². The Balaban J connectivity index is 2.32. The number of aliphatic hydroxyl groups is 1. The molecule has 0 aliphatic carbocycles. The molecule has 0 aromatic heterocycles. The summed E-state index contributed by atoms with van der Waals surface area (Å²) in [5.74, 6) is 0.209. The Labute approximate surface area is 133 Å². The quantitative estimate of drug-likeness (QED) is 0.596. The second kappa shape index (κ2) is 9.30. The van der Waals surface area contributed by atoms with Gasteiger partial charge in [-0.25, -0.2) is 4.79 Å². The van der Waals surface area contributed by atoms with Crippen LogP contribution in [0.5, 0.6) is 0 Å². The summed E-state index contributed by atoms with van der Waals surface area (Å²) in [6.07, 6.45) is 0.192. The molecular formula is C17H29N3O2. The standard InChI is InChI=1S/C17H29N3O2/c1-12(2)16(21)8-9-18-17(22)19-11-14-6-5-7-15(10-14)20-13(3)4/h5-7,10,12-13,16,20-21H,8-9,11H2,1-4H3,(H2,18,19,22). The van der Waals surface area contributed by atoms with E-state index in [1.807, 2.05) is 38.1 Å². The van der Waals surface area contributed by atoms with Crippen molar-refractivity contribution < 1.29 is 9.90 Å². The predicted octanol–water partition coefficient (Wildman–Crippen LogP) is 2.71. The average Bonchev–Trinajstić information content (AvgIpc) is 2.44. The minimum absolute atomic E-state index is 0.209. The molecule has 0 fully saturated rings. The van der Waals surface area contributed by atoms with Crippen LogP contribution in [0.4, 0.5) is 10.5 Å². The van der Waals surface area contributed by atoms with Crippen molar-refractivity contribution in [3.05, 3.63) is 29.8 Å². The van der Waals surface area contributed by atoms with Crippen LogP contribution in [0.15, 0.2) is 24.3 Å². The van der Waals surface area contributed by atoms with Crippen molar-refractivity contribution in [1.82, 2.24) is 10.6 Å². The van der Waals surface area contributed by atoms with Crippen LogP contribution in [0.2, 0.25) is 0 Å². The van der Waals surface area contributed by atoms with Gasteiger partial charge in [-0.3, -0.25) is 0 Å². The maximum Gasteiger partial charge on any atom is 0.315 e. The van der Waals surface area contributed by atoms with Crippen LogP contribution in [0.3, 0.4) is 0 Å². The van der Waals surface area contributed by atoms with Gasteiger partial charge in [0.1, 0.15) is 0 Å². The van der Waals surface area contributed by atoms with E-state index in [4.69, 9.17) is 0 Å². The molecule has 1 aromatic carbocycles. The lowest BCUT2D eigenvalue weighted by Gasteiger charge is -2.15. The molecule has 0 aliphatic rings. The summed E-state index contributed by atoms with van der Waals surface area (Å²) in [6, 6.07) is 8.16. The lowest BCUT2D eigenvalue weighted by Crippen LogP contribution is -2.37. The highest BCUT2D eigenvalue weighted by Gasteiger charge is 2.09. The number of aliphatic hydroxyl groups excluding tert-OH is 1. The first kappa shape index (κ1) is 18.3. The molecule has 0 heterocycles. The molecule has 4 N–H and O–H groups in total. The third-order valence-electron chi connectivity index (χ3n) is 3.33. The van der Waals surface area contributed by atoms with Crippen molar-refractivity contribution in [2.45, 2.75) is 52.8 Å². The molecular weight excluding hydrogens is 278 g/mol. The van der Waals surface area contributed by atoms with Gasteiger partial charge in [0.15, 0.2) is 0 Å². The van der Waals surface area contributed by atoms with Gasteiger partial charge in [0.25, 0.3) is 0 Å². The Kier molecular flexibility index (Phi) is 7.74. The van der Waals surface area contributed by atoms with E-state index in [0.717, 1.165) is 11.3 Å². The largest absolute Gasteiger partial charge is 0.393 e. The number of hydrogen-bond donors (Lipinski definition) is 4. The average molecular weight is 307 g/mol. The topological polar surface area (TPSA) is 73.4 Å². The molecule has 0 saturated carbocycles. The first-order valence-corrected chi connectivity index (χ1v) is 7.93. The summed E-state index contributed by atoms with van der Waals surface area (Å²) in [5.41, 5.74) is 2.10. The molecule has 124 valence electrons. The number of nitrogens with one attached hydrogen (secondary N) is 3. The Morgan fingerprint density at radius 2 is 1.91 bits per heavy atom. The van der Waals surface area contributed by atoms with Gasteiger partial charge >= 0.3 is 6.03 Å². The molecule has 0 bridgehead atoms. The van der Waals surface area contributed by atoms with Crippen molar-refractivity contribution in [1.29, 1.82) is 0 Å². The summed E-state index contributed by atoms with van der Waals surface area (Å²) in [4.78, 5) is 11.7. The molecule has 1 rings (SSSR count). The van der Waals surface area contributed by atoms with E-state index < -0.39 is 0 Å². The Morgan fingerprint density at radius 3 is 2.55 bits per heavy atom. The zero-order chi connectivity index (χ0) is 16.5. The van der Waals surface area contributed by atoms with Crippen LogP contribution in [0.1, 0.15) is 39.7 Å². The second-order valence-electron chi connectivity index (χ2n) is 6.21. The fourth-order valence-electron chi connectivity index (χ4n) is 2.02. The van der Waals surface area contributed by atoms with E-state index in [2.05, 4.69) is 29.8 Å². The van der Waals surface area contributed by atoms with Crippen molar-refractivity contribution in [3.8, 4) is 0 Å². The van der Waals surface area contributed by atoms with Gasteiger partial charge in [0.05, 0.1) is 6.10 Å². The van der Waals surface area contributed by atoms with E-state index >= 15 is 0 Å². The first-order valence-electron chi connectivity index (χ1n) is 7.93.